The molecular formula is C23H22N2O4. The Morgan fingerprint density at radius 1 is 1.00 bits per heavy atom. The van der Waals surface area contributed by atoms with Crippen LogP contribution >= 0.6 is 0 Å². The summed E-state index contributed by atoms with van der Waals surface area (Å²) >= 11 is 0. The molecule has 29 heavy (non-hydrogen) atoms. The number of benzene rings is 3. The molecule has 1 aromatic heterocycles. The SMILES string of the molecule is O=C(O)c1ccc(CNCC(O)COc2cccc3[nH]c4ccccc4c23)cc1. The molecule has 0 aliphatic heterocycles. The van der Waals surface area contributed by atoms with Crippen molar-refractivity contribution in [2.75, 3.05) is 13.2 Å². The Morgan fingerprint density at radius 2 is 1.76 bits per heavy atom. The van der Waals surface area contributed by atoms with Gasteiger partial charge in [-0.3, -0.25) is 0 Å². The smallest absolute Gasteiger partial charge is 0.335 e. The number of nitrogens with one attached hydrogen (secondary N) is 2. The van der Waals surface area contributed by atoms with Crippen LogP contribution in [0.25, 0.3) is 21.8 Å². The van der Waals surface area contributed by atoms with E-state index in [4.69, 9.17) is 9.84 Å². The van der Waals surface area contributed by atoms with Crippen molar-refractivity contribution in [3.63, 3.8) is 0 Å². The van der Waals surface area contributed by atoms with Gasteiger partial charge in [-0.1, -0.05) is 36.4 Å². The van der Waals surface area contributed by atoms with Gasteiger partial charge in [0.1, 0.15) is 18.5 Å². The summed E-state index contributed by atoms with van der Waals surface area (Å²) in [7, 11) is 0. The third-order valence-electron chi connectivity index (χ3n) is 4.83. The highest BCUT2D eigenvalue weighted by molar-refractivity contribution is 6.10. The zero-order chi connectivity index (χ0) is 20.2. The lowest BCUT2D eigenvalue weighted by molar-refractivity contribution is 0.0697. The first kappa shape index (κ1) is 19.0. The van der Waals surface area contributed by atoms with Crippen LogP contribution in [-0.4, -0.2) is 40.4 Å². The summed E-state index contributed by atoms with van der Waals surface area (Å²) in [5.74, 6) is -0.203. The van der Waals surface area contributed by atoms with E-state index < -0.39 is 12.1 Å². The van der Waals surface area contributed by atoms with Crippen molar-refractivity contribution in [2.24, 2.45) is 0 Å². The first-order chi connectivity index (χ1) is 14.1. The second-order valence-corrected chi connectivity index (χ2v) is 6.95. The summed E-state index contributed by atoms with van der Waals surface area (Å²) in [6, 6.07) is 20.6. The second kappa shape index (κ2) is 8.34. The molecule has 4 aromatic rings. The fraction of sp³-hybridized carbons (Fsp3) is 0.174. The molecule has 3 aromatic carbocycles. The molecule has 0 fully saturated rings. The van der Waals surface area contributed by atoms with Gasteiger partial charge in [0.25, 0.3) is 0 Å². The molecule has 148 valence electrons. The predicted octanol–water partition coefficient (Wildman–Crippen LogP) is 3.55. The molecule has 4 rings (SSSR count). The Labute approximate surface area is 167 Å². The van der Waals surface area contributed by atoms with E-state index in [-0.39, 0.29) is 12.2 Å². The maximum atomic E-state index is 10.9. The number of aromatic nitrogens is 1. The molecule has 6 nitrogen and oxygen atoms in total. The minimum absolute atomic E-state index is 0.170. The van der Waals surface area contributed by atoms with Crippen molar-refractivity contribution >= 4 is 27.8 Å². The molecular weight excluding hydrogens is 368 g/mol. The highest BCUT2D eigenvalue weighted by Crippen LogP contribution is 2.32. The van der Waals surface area contributed by atoms with Crippen LogP contribution in [-0.2, 0) is 6.54 Å². The number of aromatic amines is 1. The van der Waals surface area contributed by atoms with Crippen molar-refractivity contribution in [2.45, 2.75) is 12.6 Å². The van der Waals surface area contributed by atoms with Gasteiger partial charge in [-0.25, -0.2) is 4.79 Å². The van der Waals surface area contributed by atoms with Crippen molar-refractivity contribution in [3.8, 4) is 5.75 Å². The monoisotopic (exact) mass is 390 g/mol. The van der Waals surface area contributed by atoms with Crippen molar-refractivity contribution < 1.29 is 19.7 Å². The normalized spacial score (nSPS) is 12.3. The van der Waals surface area contributed by atoms with E-state index in [1.165, 1.54) is 0 Å². The molecule has 0 aliphatic carbocycles. The van der Waals surface area contributed by atoms with Crippen LogP contribution in [0.2, 0.25) is 0 Å². The fourth-order valence-electron chi connectivity index (χ4n) is 3.38. The Morgan fingerprint density at radius 3 is 2.55 bits per heavy atom. The van der Waals surface area contributed by atoms with Gasteiger partial charge in [0.05, 0.1) is 11.1 Å². The van der Waals surface area contributed by atoms with Crippen molar-refractivity contribution in [1.29, 1.82) is 0 Å². The molecule has 1 unspecified atom stereocenters. The highest BCUT2D eigenvalue weighted by Gasteiger charge is 2.11. The molecule has 4 N–H and O–H groups in total. The van der Waals surface area contributed by atoms with E-state index in [1.807, 2.05) is 36.4 Å². The number of aliphatic hydroxyl groups is 1. The van der Waals surface area contributed by atoms with Crippen LogP contribution in [0.5, 0.6) is 5.75 Å². The number of aliphatic hydroxyl groups excluding tert-OH is 1. The van der Waals surface area contributed by atoms with Gasteiger partial charge >= 0.3 is 5.97 Å². The zero-order valence-corrected chi connectivity index (χ0v) is 15.8. The number of carboxylic acid groups (broad SMARTS) is 1. The van der Waals surface area contributed by atoms with E-state index in [9.17, 15) is 9.90 Å². The van der Waals surface area contributed by atoms with Gasteiger partial charge in [-0.15, -0.1) is 0 Å². The van der Waals surface area contributed by atoms with E-state index in [0.29, 0.717) is 13.1 Å². The molecule has 0 spiro atoms. The molecule has 1 atom stereocenters. The molecule has 0 aliphatic rings. The quantitative estimate of drug-likeness (QED) is 0.369. The Hall–Kier alpha value is -3.35. The summed E-state index contributed by atoms with van der Waals surface area (Å²) in [5, 5.41) is 24.5. The molecule has 0 radical (unpaired) electrons. The van der Waals surface area contributed by atoms with E-state index in [1.54, 1.807) is 24.3 Å². The number of ether oxygens (including phenoxy) is 1. The topological polar surface area (TPSA) is 94.6 Å². The maximum Gasteiger partial charge on any atom is 0.335 e. The first-order valence-electron chi connectivity index (χ1n) is 9.45. The standard InChI is InChI=1S/C23H22N2O4/c26-17(13-24-12-15-8-10-16(11-9-15)23(27)28)14-29-21-7-3-6-20-22(21)18-4-1-2-5-19(18)25-20/h1-11,17,24-26H,12-14H2,(H,27,28). The molecule has 0 bridgehead atoms. The van der Waals surface area contributed by atoms with Crippen LogP contribution in [0.4, 0.5) is 0 Å². The molecule has 0 saturated heterocycles. The average molecular weight is 390 g/mol. The third kappa shape index (κ3) is 4.23. The maximum absolute atomic E-state index is 10.9. The second-order valence-electron chi connectivity index (χ2n) is 6.95. The number of carboxylic acids is 1. The highest BCUT2D eigenvalue weighted by atomic mass is 16.5. The van der Waals surface area contributed by atoms with E-state index in [0.717, 1.165) is 33.1 Å². The number of aromatic carboxylic acids is 1. The Balaban J connectivity index is 1.34. The summed E-state index contributed by atoms with van der Waals surface area (Å²) in [6.45, 7) is 1.07. The van der Waals surface area contributed by atoms with Gasteiger partial charge < -0.3 is 25.3 Å². The lowest BCUT2D eigenvalue weighted by atomic mass is 10.1. The molecule has 0 saturated carbocycles. The number of para-hydroxylation sites is 1. The minimum atomic E-state index is -0.942. The third-order valence-corrected chi connectivity index (χ3v) is 4.83. The summed E-state index contributed by atoms with van der Waals surface area (Å²) in [6.07, 6.45) is -0.672. The van der Waals surface area contributed by atoms with E-state index in [2.05, 4.69) is 16.4 Å². The van der Waals surface area contributed by atoms with Crippen molar-refractivity contribution in [3.05, 3.63) is 77.9 Å². The number of hydrogen-bond donors (Lipinski definition) is 4. The summed E-state index contributed by atoms with van der Waals surface area (Å²) in [5.41, 5.74) is 3.26. The van der Waals surface area contributed by atoms with Crippen LogP contribution in [0.1, 0.15) is 15.9 Å². The van der Waals surface area contributed by atoms with Gasteiger partial charge in [-0.2, -0.15) is 0 Å². The Kier molecular flexibility index (Phi) is 5.46. The number of H-pyrrole nitrogens is 1. The van der Waals surface area contributed by atoms with Gasteiger partial charge in [0.15, 0.2) is 0 Å². The predicted molar refractivity (Wildman–Crippen MR) is 112 cm³/mol. The zero-order valence-electron chi connectivity index (χ0n) is 15.8. The van der Waals surface area contributed by atoms with Crippen LogP contribution < -0.4 is 10.1 Å². The number of hydrogen-bond acceptors (Lipinski definition) is 4. The average Bonchev–Trinajstić information content (AvgIpc) is 3.12. The Bertz CT molecular complexity index is 1130. The van der Waals surface area contributed by atoms with Crippen LogP contribution in [0, 0.1) is 0 Å². The van der Waals surface area contributed by atoms with Gasteiger partial charge in [0.2, 0.25) is 0 Å². The molecule has 6 heteroatoms. The van der Waals surface area contributed by atoms with Crippen LogP contribution in [0.15, 0.2) is 66.7 Å². The number of rotatable bonds is 8. The van der Waals surface area contributed by atoms with Crippen molar-refractivity contribution in [1.82, 2.24) is 10.3 Å². The van der Waals surface area contributed by atoms with Gasteiger partial charge in [0, 0.05) is 29.4 Å². The number of carbonyl (C=O) groups is 1. The molecule has 0 amide bonds. The first-order valence-corrected chi connectivity index (χ1v) is 9.45. The van der Waals surface area contributed by atoms with Gasteiger partial charge in [-0.05, 0) is 35.9 Å². The minimum Gasteiger partial charge on any atom is -0.490 e. The fourth-order valence-corrected chi connectivity index (χ4v) is 3.38. The largest absolute Gasteiger partial charge is 0.490 e. The van der Waals surface area contributed by atoms with E-state index >= 15 is 0 Å². The number of fused-ring (bicyclic) bond motifs is 3. The molecule has 1 heterocycles. The lowest BCUT2D eigenvalue weighted by Gasteiger charge is -2.14. The summed E-state index contributed by atoms with van der Waals surface area (Å²) < 4.78 is 5.92. The lowest BCUT2D eigenvalue weighted by Crippen LogP contribution is -2.31. The van der Waals surface area contributed by atoms with Crippen LogP contribution in [0.3, 0.4) is 0 Å². The summed E-state index contributed by atoms with van der Waals surface area (Å²) in [4.78, 5) is 14.3.